The smallest absolute Gasteiger partial charge is 0.329 e. The van der Waals surface area contributed by atoms with E-state index in [9.17, 15) is 13.2 Å². The molecule has 1 aliphatic heterocycles. The molecule has 0 atom stereocenters. The SMILES string of the molecule is CCn1c(=O)n(CC)c2cc(S(=O)(=O)N3CCN(c4cccc(C)c4C)CC3)ccc21. The molecule has 7 nitrogen and oxygen atoms in total. The zero-order chi connectivity index (χ0) is 22.3. The molecule has 0 amide bonds. The van der Waals surface area contributed by atoms with Crippen molar-refractivity contribution in [2.75, 3.05) is 31.1 Å². The Morgan fingerprint density at radius 2 is 1.52 bits per heavy atom. The topological polar surface area (TPSA) is 67.5 Å². The number of benzene rings is 2. The predicted octanol–water partition coefficient (Wildman–Crippen LogP) is 2.97. The zero-order valence-corrected chi connectivity index (χ0v) is 19.4. The monoisotopic (exact) mass is 442 g/mol. The van der Waals surface area contributed by atoms with Crippen molar-refractivity contribution in [1.29, 1.82) is 0 Å². The van der Waals surface area contributed by atoms with E-state index in [1.54, 1.807) is 31.6 Å². The predicted molar refractivity (Wildman–Crippen MR) is 124 cm³/mol. The van der Waals surface area contributed by atoms with Crippen LogP contribution < -0.4 is 10.6 Å². The molecule has 2 heterocycles. The van der Waals surface area contributed by atoms with Crippen LogP contribution in [-0.4, -0.2) is 48.0 Å². The molecule has 1 aromatic heterocycles. The lowest BCUT2D eigenvalue weighted by Gasteiger charge is -2.36. The average molecular weight is 443 g/mol. The fraction of sp³-hybridized carbons (Fsp3) is 0.435. The summed E-state index contributed by atoms with van der Waals surface area (Å²) in [6, 6.07) is 11.3. The number of aromatic nitrogens is 2. The Labute approximate surface area is 183 Å². The highest BCUT2D eigenvalue weighted by atomic mass is 32.2. The van der Waals surface area contributed by atoms with Gasteiger partial charge in [-0.3, -0.25) is 9.13 Å². The highest BCUT2D eigenvalue weighted by molar-refractivity contribution is 7.89. The van der Waals surface area contributed by atoms with Gasteiger partial charge >= 0.3 is 5.69 Å². The minimum absolute atomic E-state index is 0.100. The zero-order valence-electron chi connectivity index (χ0n) is 18.6. The van der Waals surface area contributed by atoms with Gasteiger partial charge in [0.05, 0.1) is 15.9 Å². The third-order valence-corrected chi connectivity index (χ3v) is 8.31. The summed E-state index contributed by atoms with van der Waals surface area (Å²) >= 11 is 0. The lowest BCUT2D eigenvalue weighted by Crippen LogP contribution is -2.48. The normalized spacial score (nSPS) is 15.7. The van der Waals surface area contributed by atoms with E-state index in [2.05, 4.69) is 30.9 Å². The van der Waals surface area contributed by atoms with Crippen LogP contribution in [0.15, 0.2) is 46.1 Å². The Bertz CT molecular complexity index is 1280. The van der Waals surface area contributed by atoms with Gasteiger partial charge in [0.15, 0.2) is 0 Å². The minimum Gasteiger partial charge on any atom is -0.369 e. The molecular formula is C23H30N4O3S. The second-order valence-electron chi connectivity index (χ2n) is 8.03. The third-order valence-electron chi connectivity index (χ3n) is 6.42. The molecule has 0 bridgehead atoms. The van der Waals surface area contributed by atoms with Gasteiger partial charge in [-0.1, -0.05) is 12.1 Å². The van der Waals surface area contributed by atoms with Crippen LogP contribution in [0.4, 0.5) is 5.69 Å². The maximum atomic E-state index is 13.4. The summed E-state index contributed by atoms with van der Waals surface area (Å²) in [7, 11) is -3.63. The standard InChI is InChI=1S/C23H30N4O3S/c1-5-26-21-11-10-19(16-22(21)27(6-2)23(26)28)31(29,30)25-14-12-24(13-15-25)20-9-7-8-17(3)18(20)4/h7-11,16H,5-6,12-15H2,1-4H3. The number of anilines is 1. The van der Waals surface area contributed by atoms with Crippen LogP contribution in [0, 0.1) is 13.8 Å². The first kappa shape index (κ1) is 21.6. The van der Waals surface area contributed by atoms with Crippen molar-refractivity contribution in [3.8, 4) is 0 Å². The lowest BCUT2D eigenvalue weighted by molar-refractivity contribution is 0.385. The summed E-state index contributed by atoms with van der Waals surface area (Å²) in [5.41, 5.74) is 4.99. The third kappa shape index (κ3) is 3.57. The molecule has 0 unspecified atom stereocenters. The fourth-order valence-corrected chi connectivity index (χ4v) is 5.91. The quantitative estimate of drug-likeness (QED) is 0.609. The van der Waals surface area contributed by atoms with Crippen LogP contribution in [0.25, 0.3) is 11.0 Å². The maximum absolute atomic E-state index is 13.4. The molecule has 31 heavy (non-hydrogen) atoms. The Morgan fingerprint density at radius 3 is 2.16 bits per heavy atom. The van der Waals surface area contributed by atoms with E-state index in [0.717, 1.165) is 5.52 Å². The molecule has 0 aliphatic carbocycles. The minimum atomic E-state index is -3.63. The van der Waals surface area contributed by atoms with Crippen molar-refractivity contribution in [3.05, 3.63) is 58.0 Å². The molecule has 1 fully saturated rings. The number of hydrogen-bond donors (Lipinski definition) is 0. The Morgan fingerprint density at radius 1 is 0.871 bits per heavy atom. The summed E-state index contributed by atoms with van der Waals surface area (Å²) < 4.78 is 31.6. The lowest BCUT2D eigenvalue weighted by atomic mass is 10.1. The first-order chi connectivity index (χ1) is 14.8. The first-order valence-corrected chi connectivity index (χ1v) is 12.3. The van der Waals surface area contributed by atoms with Crippen LogP contribution in [0.5, 0.6) is 0 Å². The van der Waals surface area contributed by atoms with E-state index in [4.69, 9.17) is 0 Å². The van der Waals surface area contributed by atoms with Gasteiger partial charge in [0.1, 0.15) is 0 Å². The van der Waals surface area contributed by atoms with Gasteiger partial charge in [-0.15, -0.1) is 0 Å². The van der Waals surface area contributed by atoms with Gasteiger partial charge in [-0.25, -0.2) is 13.2 Å². The van der Waals surface area contributed by atoms with E-state index >= 15 is 0 Å². The van der Waals surface area contributed by atoms with Crippen LogP contribution in [0.3, 0.4) is 0 Å². The van der Waals surface area contributed by atoms with Crippen molar-refractivity contribution >= 4 is 26.7 Å². The molecule has 0 saturated carbocycles. The van der Waals surface area contributed by atoms with E-state index in [1.807, 2.05) is 19.9 Å². The van der Waals surface area contributed by atoms with Crippen molar-refractivity contribution in [3.63, 3.8) is 0 Å². The number of aryl methyl sites for hydroxylation is 3. The van der Waals surface area contributed by atoms with E-state index < -0.39 is 10.0 Å². The molecule has 0 radical (unpaired) electrons. The average Bonchev–Trinajstić information content (AvgIpc) is 3.05. The Hall–Kier alpha value is -2.58. The second kappa shape index (κ2) is 8.16. The number of piperazine rings is 1. The summed E-state index contributed by atoms with van der Waals surface area (Å²) in [5.74, 6) is 0. The Balaban J connectivity index is 1.62. The number of rotatable bonds is 5. The molecule has 8 heteroatoms. The van der Waals surface area contributed by atoms with Crippen molar-refractivity contribution in [2.45, 2.75) is 45.7 Å². The molecule has 0 N–H and O–H groups in total. The molecule has 1 aliphatic rings. The summed E-state index contributed by atoms with van der Waals surface area (Å²) in [4.78, 5) is 15.1. The number of imidazole rings is 1. The van der Waals surface area contributed by atoms with E-state index in [0.29, 0.717) is 44.8 Å². The molecule has 3 aromatic rings. The summed E-state index contributed by atoms with van der Waals surface area (Å²) in [6.45, 7) is 11.2. The van der Waals surface area contributed by atoms with Crippen molar-refractivity contribution in [1.82, 2.24) is 13.4 Å². The number of sulfonamides is 1. The van der Waals surface area contributed by atoms with Gasteiger partial charge in [-0.05, 0) is 63.1 Å². The number of fused-ring (bicyclic) bond motifs is 1. The van der Waals surface area contributed by atoms with Gasteiger partial charge < -0.3 is 4.90 Å². The molecule has 0 spiro atoms. The fourth-order valence-electron chi connectivity index (χ4n) is 4.47. The highest BCUT2D eigenvalue weighted by Gasteiger charge is 2.29. The Kier molecular flexibility index (Phi) is 5.70. The van der Waals surface area contributed by atoms with Crippen LogP contribution in [0.1, 0.15) is 25.0 Å². The summed E-state index contributed by atoms with van der Waals surface area (Å²) in [6.07, 6.45) is 0. The molecule has 4 rings (SSSR count). The second-order valence-corrected chi connectivity index (χ2v) is 9.97. The van der Waals surface area contributed by atoms with Crippen molar-refractivity contribution in [2.24, 2.45) is 0 Å². The summed E-state index contributed by atoms with van der Waals surface area (Å²) in [5, 5.41) is 0. The molecule has 1 saturated heterocycles. The van der Waals surface area contributed by atoms with Gasteiger partial charge in [-0.2, -0.15) is 4.31 Å². The van der Waals surface area contributed by atoms with Gasteiger partial charge in [0.2, 0.25) is 10.0 Å². The van der Waals surface area contributed by atoms with Crippen LogP contribution in [-0.2, 0) is 23.1 Å². The van der Waals surface area contributed by atoms with Gasteiger partial charge in [0.25, 0.3) is 0 Å². The highest BCUT2D eigenvalue weighted by Crippen LogP contribution is 2.27. The van der Waals surface area contributed by atoms with Crippen LogP contribution in [0.2, 0.25) is 0 Å². The van der Waals surface area contributed by atoms with Crippen molar-refractivity contribution < 1.29 is 8.42 Å². The number of hydrogen-bond acceptors (Lipinski definition) is 4. The first-order valence-electron chi connectivity index (χ1n) is 10.8. The van der Waals surface area contributed by atoms with Gasteiger partial charge in [0, 0.05) is 45.0 Å². The van der Waals surface area contributed by atoms with Crippen LogP contribution >= 0.6 is 0 Å². The maximum Gasteiger partial charge on any atom is 0.329 e. The van der Waals surface area contributed by atoms with E-state index in [-0.39, 0.29) is 10.6 Å². The molecular weight excluding hydrogens is 412 g/mol. The van der Waals surface area contributed by atoms with E-state index in [1.165, 1.54) is 16.8 Å². The molecule has 166 valence electrons. The molecule has 2 aromatic carbocycles. The largest absolute Gasteiger partial charge is 0.369 e. The number of nitrogens with zero attached hydrogens (tertiary/aromatic N) is 4.